The molecule has 0 spiro atoms. The summed E-state index contributed by atoms with van der Waals surface area (Å²) >= 11 is 0. The second kappa shape index (κ2) is 7.16. The summed E-state index contributed by atoms with van der Waals surface area (Å²) in [6.45, 7) is 4.55. The third-order valence-corrected chi connectivity index (χ3v) is 4.45. The highest BCUT2D eigenvalue weighted by atomic mass is 16.5. The van der Waals surface area contributed by atoms with E-state index in [2.05, 4.69) is 29.9 Å². The molecule has 2 unspecified atom stereocenters. The van der Waals surface area contributed by atoms with Crippen LogP contribution in [0.15, 0.2) is 24.4 Å². The molecule has 0 saturated carbocycles. The highest BCUT2D eigenvalue weighted by Crippen LogP contribution is 2.31. The first-order valence-electron chi connectivity index (χ1n) is 7.63. The van der Waals surface area contributed by atoms with Crippen LogP contribution in [-0.4, -0.2) is 41.7 Å². The summed E-state index contributed by atoms with van der Waals surface area (Å²) in [4.78, 5) is 6.80. The molecule has 2 N–H and O–H groups in total. The van der Waals surface area contributed by atoms with Crippen molar-refractivity contribution in [3.8, 4) is 0 Å². The van der Waals surface area contributed by atoms with E-state index in [1.807, 2.05) is 18.3 Å². The summed E-state index contributed by atoms with van der Waals surface area (Å²) in [5.41, 5.74) is 7.28. The lowest BCUT2D eigenvalue weighted by atomic mass is 9.83. The van der Waals surface area contributed by atoms with E-state index in [0.717, 1.165) is 44.5 Å². The van der Waals surface area contributed by atoms with E-state index in [-0.39, 0.29) is 5.54 Å². The van der Waals surface area contributed by atoms with Gasteiger partial charge in [0.2, 0.25) is 0 Å². The van der Waals surface area contributed by atoms with Crippen LogP contribution in [0.5, 0.6) is 0 Å². The average Bonchev–Trinajstić information content (AvgIpc) is 2.48. The van der Waals surface area contributed by atoms with Crippen LogP contribution in [0.3, 0.4) is 0 Å². The Morgan fingerprint density at radius 2 is 2.35 bits per heavy atom. The lowest BCUT2D eigenvalue weighted by molar-refractivity contribution is -0.0693. The Balaban J connectivity index is 2.05. The van der Waals surface area contributed by atoms with Crippen molar-refractivity contribution in [2.24, 2.45) is 5.73 Å². The summed E-state index contributed by atoms with van der Waals surface area (Å²) in [5, 5.41) is 0. The largest absolute Gasteiger partial charge is 0.378 e. The van der Waals surface area contributed by atoms with E-state index < -0.39 is 0 Å². The first-order chi connectivity index (χ1) is 9.70. The fraction of sp³-hybridized carbons (Fsp3) is 0.688. The van der Waals surface area contributed by atoms with Gasteiger partial charge in [-0.25, -0.2) is 0 Å². The third-order valence-electron chi connectivity index (χ3n) is 4.45. The Hall–Kier alpha value is -0.970. The lowest BCUT2D eigenvalue weighted by Gasteiger charge is -2.46. The molecule has 20 heavy (non-hydrogen) atoms. The number of hydrogen-bond donors (Lipinski definition) is 1. The SMILES string of the molecule is CCCC1CC(CN)(N(C)Cc2ccccn2)CCO1. The number of ether oxygens (including phenoxy) is 1. The second-order valence-electron chi connectivity index (χ2n) is 5.84. The van der Waals surface area contributed by atoms with Gasteiger partial charge in [0, 0.05) is 31.4 Å². The summed E-state index contributed by atoms with van der Waals surface area (Å²) in [6.07, 6.45) is 6.52. The predicted molar refractivity (Wildman–Crippen MR) is 81.4 cm³/mol. The quantitative estimate of drug-likeness (QED) is 0.866. The molecule has 0 radical (unpaired) electrons. The van der Waals surface area contributed by atoms with Crippen molar-refractivity contribution in [2.75, 3.05) is 20.2 Å². The number of nitrogens with two attached hydrogens (primary N) is 1. The minimum atomic E-state index is 0.0512. The predicted octanol–water partition coefficient (Wildman–Crippen LogP) is 2.19. The van der Waals surface area contributed by atoms with Gasteiger partial charge in [-0.2, -0.15) is 0 Å². The fourth-order valence-corrected chi connectivity index (χ4v) is 3.10. The number of likely N-dealkylation sites (N-methyl/N-ethyl adjacent to an activating group) is 1. The van der Waals surface area contributed by atoms with Crippen LogP contribution in [0.1, 0.15) is 38.3 Å². The van der Waals surface area contributed by atoms with E-state index in [1.54, 1.807) is 0 Å². The van der Waals surface area contributed by atoms with Crippen molar-refractivity contribution in [1.29, 1.82) is 0 Å². The van der Waals surface area contributed by atoms with Crippen LogP contribution in [0.25, 0.3) is 0 Å². The Bertz CT molecular complexity index is 396. The molecule has 2 atom stereocenters. The molecule has 4 heteroatoms. The average molecular weight is 277 g/mol. The van der Waals surface area contributed by atoms with Crippen molar-refractivity contribution in [3.63, 3.8) is 0 Å². The summed E-state index contributed by atoms with van der Waals surface area (Å²) in [7, 11) is 2.16. The topological polar surface area (TPSA) is 51.4 Å². The summed E-state index contributed by atoms with van der Waals surface area (Å²) < 4.78 is 5.88. The van der Waals surface area contributed by atoms with Crippen LogP contribution in [0.2, 0.25) is 0 Å². The molecule has 1 saturated heterocycles. The molecule has 4 nitrogen and oxygen atoms in total. The summed E-state index contributed by atoms with van der Waals surface area (Å²) in [5.74, 6) is 0. The van der Waals surface area contributed by atoms with Crippen LogP contribution >= 0.6 is 0 Å². The van der Waals surface area contributed by atoms with Gasteiger partial charge in [0.05, 0.1) is 11.8 Å². The molecule has 1 aromatic heterocycles. The van der Waals surface area contributed by atoms with Gasteiger partial charge in [0.15, 0.2) is 0 Å². The normalized spacial score (nSPS) is 26.9. The number of rotatable bonds is 6. The van der Waals surface area contributed by atoms with Gasteiger partial charge in [-0.15, -0.1) is 0 Å². The summed E-state index contributed by atoms with van der Waals surface area (Å²) in [6, 6.07) is 6.06. The van der Waals surface area contributed by atoms with E-state index in [4.69, 9.17) is 10.5 Å². The molecular weight excluding hydrogens is 250 g/mol. The maximum atomic E-state index is 6.13. The Labute approximate surface area is 122 Å². The van der Waals surface area contributed by atoms with Gasteiger partial charge in [-0.1, -0.05) is 19.4 Å². The molecule has 0 bridgehead atoms. The standard InChI is InChI=1S/C16H27N3O/c1-3-6-15-11-16(13-17,8-10-20-15)19(2)12-14-7-4-5-9-18-14/h4-5,7,9,15H,3,6,8,10-13,17H2,1-2H3. The van der Waals surface area contributed by atoms with E-state index in [0.29, 0.717) is 12.6 Å². The monoisotopic (exact) mass is 277 g/mol. The smallest absolute Gasteiger partial charge is 0.0593 e. The van der Waals surface area contributed by atoms with Crippen LogP contribution in [0, 0.1) is 0 Å². The number of pyridine rings is 1. The highest BCUT2D eigenvalue weighted by Gasteiger charge is 2.39. The molecule has 0 aromatic carbocycles. The minimum absolute atomic E-state index is 0.0512. The Morgan fingerprint density at radius 1 is 1.50 bits per heavy atom. The van der Waals surface area contributed by atoms with Crippen LogP contribution in [-0.2, 0) is 11.3 Å². The molecule has 1 aliphatic rings. The van der Waals surface area contributed by atoms with Crippen LogP contribution < -0.4 is 5.73 Å². The molecule has 2 rings (SSSR count). The molecule has 1 fully saturated rings. The zero-order valence-electron chi connectivity index (χ0n) is 12.7. The van der Waals surface area contributed by atoms with Crippen molar-refractivity contribution >= 4 is 0 Å². The van der Waals surface area contributed by atoms with Gasteiger partial charge in [0.1, 0.15) is 0 Å². The maximum Gasteiger partial charge on any atom is 0.0593 e. The van der Waals surface area contributed by atoms with E-state index in [9.17, 15) is 0 Å². The second-order valence-corrected chi connectivity index (χ2v) is 5.84. The van der Waals surface area contributed by atoms with Gasteiger partial charge < -0.3 is 10.5 Å². The third kappa shape index (κ3) is 3.57. The van der Waals surface area contributed by atoms with E-state index in [1.165, 1.54) is 0 Å². The first-order valence-corrected chi connectivity index (χ1v) is 7.63. The van der Waals surface area contributed by atoms with E-state index >= 15 is 0 Å². The van der Waals surface area contributed by atoms with Crippen molar-refractivity contribution in [3.05, 3.63) is 30.1 Å². The van der Waals surface area contributed by atoms with Gasteiger partial charge in [-0.3, -0.25) is 9.88 Å². The molecule has 112 valence electrons. The van der Waals surface area contributed by atoms with Crippen molar-refractivity contribution < 1.29 is 4.74 Å². The number of hydrogen-bond acceptors (Lipinski definition) is 4. The molecule has 1 aliphatic heterocycles. The molecule has 0 aliphatic carbocycles. The molecular formula is C16H27N3O. The zero-order chi connectivity index (χ0) is 14.4. The fourth-order valence-electron chi connectivity index (χ4n) is 3.10. The molecule has 0 amide bonds. The van der Waals surface area contributed by atoms with Gasteiger partial charge in [0.25, 0.3) is 0 Å². The van der Waals surface area contributed by atoms with Crippen LogP contribution in [0.4, 0.5) is 0 Å². The maximum absolute atomic E-state index is 6.13. The zero-order valence-corrected chi connectivity index (χ0v) is 12.7. The molecule has 1 aromatic rings. The first kappa shape index (κ1) is 15.4. The van der Waals surface area contributed by atoms with Crippen molar-refractivity contribution in [2.45, 2.75) is 50.8 Å². The Morgan fingerprint density at radius 3 is 3.00 bits per heavy atom. The number of nitrogens with zero attached hydrogens (tertiary/aromatic N) is 2. The van der Waals surface area contributed by atoms with Crippen molar-refractivity contribution in [1.82, 2.24) is 9.88 Å². The minimum Gasteiger partial charge on any atom is -0.378 e. The highest BCUT2D eigenvalue weighted by molar-refractivity contribution is 5.05. The number of aromatic nitrogens is 1. The Kier molecular flexibility index (Phi) is 5.52. The lowest BCUT2D eigenvalue weighted by Crippen LogP contribution is -2.56. The van der Waals surface area contributed by atoms with Gasteiger partial charge in [-0.05, 0) is 38.4 Å². The van der Waals surface area contributed by atoms with Gasteiger partial charge >= 0.3 is 0 Å². The molecule has 2 heterocycles.